The van der Waals surface area contributed by atoms with Crippen molar-refractivity contribution in [1.29, 1.82) is 0 Å². The molecule has 1 fully saturated rings. The molecule has 0 bridgehead atoms. The molecular weight excluding hydrogens is 375 g/mol. The van der Waals surface area contributed by atoms with Crippen LogP contribution in [0, 0.1) is 5.82 Å². The molecule has 0 spiro atoms. The maximum absolute atomic E-state index is 13.1. The van der Waals surface area contributed by atoms with Gasteiger partial charge in [0.05, 0.1) is 11.8 Å². The predicted octanol–water partition coefficient (Wildman–Crippen LogP) is 3.99. The molecule has 1 saturated heterocycles. The lowest BCUT2D eigenvalue weighted by molar-refractivity contribution is -0.559. The predicted molar refractivity (Wildman–Crippen MR) is 98.7 cm³/mol. The van der Waals surface area contributed by atoms with E-state index >= 15 is 0 Å². The number of amidine groups is 1. The number of halogens is 2. The maximum Gasteiger partial charge on any atom is 0.307 e. The molecule has 0 amide bonds. The van der Waals surface area contributed by atoms with Crippen molar-refractivity contribution < 1.29 is 8.97 Å². The van der Waals surface area contributed by atoms with E-state index in [2.05, 4.69) is 50.1 Å². The molecule has 0 saturated carbocycles. The van der Waals surface area contributed by atoms with Gasteiger partial charge in [0, 0.05) is 5.33 Å². The molecule has 2 nitrogen and oxygen atoms in total. The minimum atomic E-state index is -0.191. The minimum Gasteiger partial charge on any atom is -0.268 e. The molecule has 1 aliphatic rings. The molecular formula is C18H19BrFN2S+. The Labute approximate surface area is 148 Å². The van der Waals surface area contributed by atoms with Crippen molar-refractivity contribution in [3.63, 3.8) is 0 Å². The Bertz CT molecular complexity index is 673. The molecule has 1 N–H and O–H groups in total. The van der Waals surface area contributed by atoms with E-state index < -0.39 is 0 Å². The second kappa shape index (κ2) is 7.97. The average Bonchev–Trinajstić information content (AvgIpc) is 3.06. The first-order valence-corrected chi connectivity index (χ1v) is 9.61. The van der Waals surface area contributed by atoms with Crippen LogP contribution in [0.2, 0.25) is 0 Å². The van der Waals surface area contributed by atoms with Crippen molar-refractivity contribution in [2.45, 2.75) is 18.3 Å². The summed E-state index contributed by atoms with van der Waals surface area (Å²) in [7, 11) is 0. The van der Waals surface area contributed by atoms with Crippen molar-refractivity contribution in [2.24, 2.45) is 0 Å². The van der Waals surface area contributed by atoms with Crippen LogP contribution in [0.1, 0.15) is 11.1 Å². The lowest BCUT2D eigenvalue weighted by Crippen LogP contribution is -2.27. The quantitative estimate of drug-likeness (QED) is 0.609. The van der Waals surface area contributed by atoms with Crippen LogP contribution < -0.4 is 5.32 Å². The summed E-state index contributed by atoms with van der Waals surface area (Å²) in [5.74, 6) is -0.191. The summed E-state index contributed by atoms with van der Waals surface area (Å²) in [5, 5.41) is 6.24. The SMILES string of the molecule is Fc1ccc(C[N+](Cc2ccccc2)=C2NCC(CBr)S2)cc1. The van der Waals surface area contributed by atoms with Crippen LogP contribution >= 0.6 is 27.7 Å². The van der Waals surface area contributed by atoms with Crippen molar-refractivity contribution in [3.05, 3.63) is 71.5 Å². The summed E-state index contributed by atoms with van der Waals surface area (Å²) < 4.78 is 15.5. The smallest absolute Gasteiger partial charge is 0.268 e. The van der Waals surface area contributed by atoms with Gasteiger partial charge < -0.3 is 0 Å². The molecule has 2 aromatic carbocycles. The molecule has 2 aromatic rings. The van der Waals surface area contributed by atoms with Crippen molar-refractivity contribution in [1.82, 2.24) is 5.32 Å². The van der Waals surface area contributed by atoms with E-state index in [4.69, 9.17) is 0 Å². The molecule has 0 aliphatic carbocycles. The lowest BCUT2D eigenvalue weighted by atomic mass is 10.2. The highest BCUT2D eigenvalue weighted by molar-refractivity contribution is 9.09. The number of nitrogens with zero attached hydrogens (tertiary/aromatic N) is 1. The Hall–Kier alpha value is -1.33. The average molecular weight is 394 g/mol. The van der Waals surface area contributed by atoms with Crippen LogP contribution in [0.5, 0.6) is 0 Å². The zero-order valence-electron chi connectivity index (χ0n) is 12.7. The first kappa shape index (κ1) is 16.5. The fourth-order valence-corrected chi connectivity index (χ4v) is 4.14. The van der Waals surface area contributed by atoms with Gasteiger partial charge in [0.2, 0.25) is 0 Å². The highest BCUT2D eigenvalue weighted by Gasteiger charge is 2.28. The third-order valence-electron chi connectivity index (χ3n) is 3.72. The van der Waals surface area contributed by atoms with Crippen LogP contribution in [0.25, 0.3) is 0 Å². The fraction of sp³-hybridized carbons (Fsp3) is 0.278. The van der Waals surface area contributed by atoms with Crippen LogP contribution in [0.15, 0.2) is 54.6 Å². The van der Waals surface area contributed by atoms with Crippen LogP contribution in [0.4, 0.5) is 4.39 Å². The Morgan fingerprint density at radius 2 is 1.70 bits per heavy atom. The standard InChI is InChI=1S/C18H18BrFN2S/c19-10-17-11-21-18(23-17)22(12-14-4-2-1-3-5-14)13-15-6-8-16(20)9-7-15/h1-9,17H,10-13H2/p+1. The van der Waals surface area contributed by atoms with Gasteiger partial charge in [-0.2, -0.15) is 0 Å². The monoisotopic (exact) mass is 393 g/mol. The van der Waals surface area contributed by atoms with E-state index in [1.807, 2.05) is 30.0 Å². The number of alkyl halides is 1. The molecule has 5 heteroatoms. The second-order valence-corrected chi connectivity index (χ2v) is 7.48. The molecule has 0 radical (unpaired) electrons. The van der Waals surface area contributed by atoms with E-state index in [-0.39, 0.29) is 5.82 Å². The fourth-order valence-electron chi connectivity index (χ4n) is 2.53. The van der Waals surface area contributed by atoms with Gasteiger partial charge in [-0.3, -0.25) is 5.32 Å². The number of hydrogen-bond donors (Lipinski definition) is 1. The van der Waals surface area contributed by atoms with Gasteiger partial charge in [-0.15, -0.1) is 0 Å². The third kappa shape index (κ3) is 4.58. The van der Waals surface area contributed by atoms with E-state index in [9.17, 15) is 4.39 Å². The van der Waals surface area contributed by atoms with E-state index in [0.29, 0.717) is 5.25 Å². The van der Waals surface area contributed by atoms with Crippen LogP contribution in [-0.2, 0) is 13.1 Å². The largest absolute Gasteiger partial charge is 0.307 e. The minimum absolute atomic E-state index is 0.191. The van der Waals surface area contributed by atoms with Gasteiger partial charge in [0.1, 0.15) is 18.9 Å². The number of thioether (sulfide) groups is 1. The molecule has 120 valence electrons. The molecule has 3 rings (SSSR count). The first-order valence-electron chi connectivity index (χ1n) is 7.61. The van der Waals surface area contributed by atoms with E-state index in [0.717, 1.165) is 30.5 Å². The topological polar surface area (TPSA) is 15.0 Å². The van der Waals surface area contributed by atoms with Crippen LogP contribution in [-0.4, -0.2) is 26.9 Å². The number of nitrogens with one attached hydrogen (secondary N) is 1. The van der Waals surface area contributed by atoms with Crippen molar-refractivity contribution in [3.8, 4) is 0 Å². The normalized spacial score (nSPS) is 19.5. The van der Waals surface area contributed by atoms with Crippen molar-refractivity contribution >= 4 is 32.9 Å². The third-order valence-corrected chi connectivity index (χ3v) is 6.22. The summed E-state index contributed by atoms with van der Waals surface area (Å²) >= 11 is 5.43. The van der Waals surface area contributed by atoms with Crippen molar-refractivity contribution in [2.75, 3.05) is 11.9 Å². The van der Waals surface area contributed by atoms with Gasteiger partial charge in [0.15, 0.2) is 0 Å². The molecule has 0 aromatic heterocycles. The van der Waals surface area contributed by atoms with Gasteiger partial charge in [-0.05, 0) is 35.0 Å². The van der Waals surface area contributed by atoms with E-state index in [1.54, 1.807) is 0 Å². The molecule has 1 unspecified atom stereocenters. The van der Waals surface area contributed by atoms with Gasteiger partial charge in [0.25, 0.3) is 0 Å². The maximum atomic E-state index is 13.1. The number of rotatable bonds is 5. The lowest BCUT2D eigenvalue weighted by Gasteiger charge is -2.10. The highest BCUT2D eigenvalue weighted by atomic mass is 79.9. The molecule has 1 heterocycles. The first-order chi connectivity index (χ1) is 11.2. The molecule has 1 atom stereocenters. The van der Waals surface area contributed by atoms with Gasteiger partial charge >= 0.3 is 5.17 Å². The Balaban J connectivity index is 1.84. The van der Waals surface area contributed by atoms with Crippen LogP contribution in [0.3, 0.4) is 0 Å². The Kier molecular flexibility index (Phi) is 5.73. The zero-order valence-corrected chi connectivity index (χ0v) is 15.1. The van der Waals surface area contributed by atoms with Gasteiger partial charge in [-0.25, -0.2) is 8.97 Å². The summed E-state index contributed by atoms with van der Waals surface area (Å²) in [6.07, 6.45) is 0. The summed E-state index contributed by atoms with van der Waals surface area (Å²) in [6.45, 7) is 2.57. The molecule has 23 heavy (non-hydrogen) atoms. The Morgan fingerprint density at radius 3 is 2.30 bits per heavy atom. The highest BCUT2D eigenvalue weighted by Crippen LogP contribution is 2.21. The summed E-state index contributed by atoms with van der Waals surface area (Å²) in [6, 6.07) is 17.2. The molecule has 1 aliphatic heterocycles. The Morgan fingerprint density at radius 1 is 1.04 bits per heavy atom. The number of benzene rings is 2. The summed E-state index contributed by atoms with van der Waals surface area (Å²) in [4.78, 5) is 0. The number of hydrogen-bond acceptors (Lipinski definition) is 1. The second-order valence-electron chi connectivity index (χ2n) is 5.55. The summed E-state index contributed by atoms with van der Waals surface area (Å²) in [5.41, 5.74) is 2.38. The zero-order chi connectivity index (χ0) is 16.1. The van der Waals surface area contributed by atoms with E-state index in [1.165, 1.54) is 22.9 Å². The van der Waals surface area contributed by atoms with Gasteiger partial charge in [-0.1, -0.05) is 58.4 Å².